The highest BCUT2D eigenvalue weighted by Gasteiger charge is 2.27. The number of Topliss-reactive ketones (excluding diaryl/α,β-unsaturated/α-hetero) is 1. The van der Waals surface area contributed by atoms with Crippen molar-refractivity contribution in [3.63, 3.8) is 0 Å². The molecule has 1 rings (SSSR count). The monoisotopic (exact) mass is 126 g/mol. The molecule has 1 fully saturated rings. The zero-order valence-electron chi connectivity index (χ0n) is 6.18. The van der Waals surface area contributed by atoms with Gasteiger partial charge in [0, 0.05) is 12.8 Å². The summed E-state index contributed by atoms with van der Waals surface area (Å²) < 4.78 is 0. The first-order valence-electron chi connectivity index (χ1n) is 3.75. The summed E-state index contributed by atoms with van der Waals surface area (Å²) in [5, 5.41) is 0. The second-order valence-electron chi connectivity index (χ2n) is 3.09. The molecule has 52 valence electrons. The van der Waals surface area contributed by atoms with E-state index in [-0.39, 0.29) is 0 Å². The van der Waals surface area contributed by atoms with Gasteiger partial charge < -0.3 is 0 Å². The summed E-state index contributed by atoms with van der Waals surface area (Å²) in [6.07, 6.45) is 2.85. The van der Waals surface area contributed by atoms with E-state index in [1.807, 2.05) is 0 Å². The van der Waals surface area contributed by atoms with Gasteiger partial charge in [0.2, 0.25) is 0 Å². The Balaban J connectivity index is 2.47. The van der Waals surface area contributed by atoms with Crippen LogP contribution in [0.2, 0.25) is 0 Å². The van der Waals surface area contributed by atoms with Crippen molar-refractivity contribution in [1.82, 2.24) is 0 Å². The Morgan fingerprint density at radius 3 is 2.44 bits per heavy atom. The smallest absolute Gasteiger partial charge is 0.133 e. The summed E-state index contributed by atoms with van der Waals surface area (Å²) in [5.41, 5.74) is 0. The Hall–Kier alpha value is -0.330. The van der Waals surface area contributed by atoms with E-state index in [1.165, 1.54) is 6.42 Å². The average molecular weight is 126 g/mol. The third-order valence-electron chi connectivity index (χ3n) is 2.37. The molecule has 0 N–H and O–H groups in total. The largest absolute Gasteiger partial charge is 0.300 e. The maximum absolute atomic E-state index is 10.8. The minimum atomic E-state index is 0.467. The summed E-state index contributed by atoms with van der Waals surface area (Å²) in [6.45, 7) is 4.35. The van der Waals surface area contributed by atoms with E-state index in [1.54, 1.807) is 0 Å². The van der Waals surface area contributed by atoms with Gasteiger partial charge in [0.15, 0.2) is 0 Å². The highest BCUT2D eigenvalue weighted by molar-refractivity contribution is 5.81. The molecule has 0 saturated heterocycles. The van der Waals surface area contributed by atoms with Crippen molar-refractivity contribution < 1.29 is 4.79 Å². The van der Waals surface area contributed by atoms with Gasteiger partial charge in [-0.15, -0.1) is 0 Å². The van der Waals surface area contributed by atoms with Crippen molar-refractivity contribution in [3.8, 4) is 0 Å². The Bertz CT molecular complexity index is 118. The van der Waals surface area contributed by atoms with Gasteiger partial charge in [-0.2, -0.15) is 0 Å². The average Bonchev–Trinajstić information content (AvgIpc) is 2.10. The van der Waals surface area contributed by atoms with E-state index in [4.69, 9.17) is 0 Å². The lowest BCUT2D eigenvalue weighted by molar-refractivity contribution is -0.117. The van der Waals surface area contributed by atoms with Gasteiger partial charge in [-0.05, 0) is 11.8 Å². The second kappa shape index (κ2) is 2.51. The third kappa shape index (κ3) is 1.32. The number of hydrogen-bond donors (Lipinski definition) is 0. The van der Waals surface area contributed by atoms with Crippen LogP contribution in [0.1, 0.15) is 33.1 Å². The Kier molecular flexibility index (Phi) is 1.89. The molecule has 1 aliphatic rings. The fourth-order valence-electron chi connectivity index (χ4n) is 1.65. The number of carbonyl (C=O) groups excluding carboxylic acids is 1. The first-order chi connectivity index (χ1) is 4.24. The number of rotatable bonds is 1. The quantitative estimate of drug-likeness (QED) is 0.525. The van der Waals surface area contributed by atoms with Crippen molar-refractivity contribution in [1.29, 1.82) is 0 Å². The fraction of sp³-hybridized carbons (Fsp3) is 0.875. The van der Waals surface area contributed by atoms with Crippen LogP contribution in [0, 0.1) is 11.8 Å². The molecule has 0 aliphatic heterocycles. The summed E-state index contributed by atoms with van der Waals surface area (Å²) in [4.78, 5) is 10.8. The van der Waals surface area contributed by atoms with Crippen molar-refractivity contribution in [2.75, 3.05) is 0 Å². The van der Waals surface area contributed by atoms with Crippen molar-refractivity contribution in [2.24, 2.45) is 11.8 Å². The normalized spacial score (nSPS) is 35.6. The molecule has 9 heavy (non-hydrogen) atoms. The lowest BCUT2D eigenvalue weighted by Crippen LogP contribution is -2.00. The van der Waals surface area contributed by atoms with Gasteiger partial charge in [-0.25, -0.2) is 0 Å². The lowest BCUT2D eigenvalue weighted by atomic mass is 9.96. The predicted molar refractivity (Wildman–Crippen MR) is 37.2 cm³/mol. The van der Waals surface area contributed by atoms with Gasteiger partial charge >= 0.3 is 0 Å². The van der Waals surface area contributed by atoms with Crippen molar-refractivity contribution in [2.45, 2.75) is 33.1 Å². The van der Waals surface area contributed by atoms with Gasteiger partial charge in [0.1, 0.15) is 5.78 Å². The van der Waals surface area contributed by atoms with E-state index >= 15 is 0 Å². The van der Waals surface area contributed by atoms with Crippen LogP contribution in [-0.2, 0) is 4.79 Å². The van der Waals surface area contributed by atoms with Gasteiger partial charge in [0.05, 0.1) is 0 Å². The molecule has 0 bridgehead atoms. The molecule has 0 spiro atoms. The van der Waals surface area contributed by atoms with Crippen molar-refractivity contribution >= 4 is 5.78 Å². The maximum atomic E-state index is 10.8. The minimum absolute atomic E-state index is 0.467. The summed E-state index contributed by atoms with van der Waals surface area (Å²) in [5.74, 6) is 1.81. The first-order valence-corrected chi connectivity index (χ1v) is 3.75. The van der Waals surface area contributed by atoms with Crippen LogP contribution < -0.4 is 0 Å². The van der Waals surface area contributed by atoms with E-state index in [0.29, 0.717) is 17.6 Å². The van der Waals surface area contributed by atoms with Crippen LogP contribution in [0.4, 0.5) is 0 Å². The molecular formula is C8H14O. The summed E-state index contributed by atoms with van der Waals surface area (Å²) in [6, 6.07) is 0. The molecule has 0 amide bonds. The molecule has 1 heteroatoms. The highest BCUT2D eigenvalue weighted by Crippen LogP contribution is 2.30. The zero-order valence-corrected chi connectivity index (χ0v) is 6.18. The van der Waals surface area contributed by atoms with E-state index < -0.39 is 0 Å². The van der Waals surface area contributed by atoms with E-state index in [0.717, 1.165) is 12.8 Å². The molecule has 0 unspecified atom stereocenters. The molecule has 0 heterocycles. The fourth-order valence-corrected chi connectivity index (χ4v) is 1.65. The lowest BCUT2D eigenvalue weighted by Gasteiger charge is -2.08. The van der Waals surface area contributed by atoms with E-state index in [9.17, 15) is 4.79 Å². The molecular weight excluding hydrogens is 112 g/mol. The number of carbonyl (C=O) groups is 1. The number of ketones is 1. The molecule has 2 atom stereocenters. The predicted octanol–water partition coefficient (Wildman–Crippen LogP) is 2.01. The standard InChI is InChI=1S/C8H14O/c1-3-7-5-8(9)4-6(7)2/h6-7H,3-5H2,1-2H3/t6-,7+/m0/s1. The topological polar surface area (TPSA) is 17.1 Å². The van der Waals surface area contributed by atoms with Crippen LogP contribution in [0.3, 0.4) is 0 Å². The number of hydrogen-bond acceptors (Lipinski definition) is 1. The molecule has 1 nitrogen and oxygen atoms in total. The van der Waals surface area contributed by atoms with Crippen LogP contribution in [0.5, 0.6) is 0 Å². The maximum Gasteiger partial charge on any atom is 0.133 e. The van der Waals surface area contributed by atoms with Gasteiger partial charge in [-0.3, -0.25) is 4.79 Å². The van der Waals surface area contributed by atoms with Crippen LogP contribution in [0.15, 0.2) is 0 Å². The van der Waals surface area contributed by atoms with Crippen LogP contribution in [0.25, 0.3) is 0 Å². The van der Waals surface area contributed by atoms with Gasteiger partial charge in [0.25, 0.3) is 0 Å². The molecule has 0 aromatic carbocycles. The Morgan fingerprint density at radius 2 is 2.22 bits per heavy atom. The third-order valence-corrected chi connectivity index (χ3v) is 2.37. The summed E-state index contributed by atoms with van der Waals surface area (Å²) in [7, 11) is 0. The van der Waals surface area contributed by atoms with Crippen LogP contribution in [-0.4, -0.2) is 5.78 Å². The molecule has 0 radical (unpaired) electrons. The Labute approximate surface area is 56.4 Å². The molecule has 1 saturated carbocycles. The molecule has 0 aromatic heterocycles. The minimum Gasteiger partial charge on any atom is -0.300 e. The second-order valence-corrected chi connectivity index (χ2v) is 3.09. The zero-order chi connectivity index (χ0) is 6.85. The first kappa shape index (κ1) is 6.79. The van der Waals surface area contributed by atoms with Crippen LogP contribution >= 0.6 is 0 Å². The van der Waals surface area contributed by atoms with Gasteiger partial charge in [-0.1, -0.05) is 20.3 Å². The van der Waals surface area contributed by atoms with Crippen molar-refractivity contribution in [3.05, 3.63) is 0 Å². The summed E-state index contributed by atoms with van der Waals surface area (Å²) >= 11 is 0. The molecule has 1 aliphatic carbocycles. The Morgan fingerprint density at radius 1 is 1.56 bits per heavy atom. The SMILES string of the molecule is CC[C@@H]1CC(=O)C[C@@H]1C. The van der Waals surface area contributed by atoms with E-state index in [2.05, 4.69) is 13.8 Å². The molecule has 0 aromatic rings. The highest BCUT2D eigenvalue weighted by atomic mass is 16.1.